The van der Waals surface area contributed by atoms with Gasteiger partial charge in [-0.25, -0.2) is 0 Å². The van der Waals surface area contributed by atoms with E-state index in [-0.39, 0.29) is 0 Å². The zero-order valence-electron chi connectivity index (χ0n) is 16.1. The standard InChI is InChI=1S/3C6H9O2.CH3O.Zr/c3*1-3-5-8-6(7)4-2;1-2;/h3*4H,1-3,5H2;1H3;/q;;;-1;+1. The largest absolute Gasteiger partial charge is 0.857 e. The maximum absolute atomic E-state index is 11.0. The monoisotopic (exact) mass is 460 g/mol. The van der Waals surface area contributed by atoms with Gasteiger partial charge in [0.15, 0.2) is 0 Å². The molecule has 27 heavy (non-hydrogen) atoms. The van der Waals surface area contributed by atoms with E-state index in [9.17, 15) is 14.4 Å². The third-order valence-corrected chi connectivity index (χ3v) is 11.1. The summed E-state index contributed by atoms with van der Waals surface area (Å²) in [6, 6.07) is 0. The van der Waals surface area contributed by atoms with E-state index in [0.29, 0.717) is 19.8 Å². The maximum Gasteiger partial charge on any atom is -0.153 e. The molecule has 152 valence electrons. The van der Waals surface area contributed by atoms with Gasteiger partial charge in [0.1, 0.15) is 0 Å². The molecule has 0 saturated heterocycles. The molecule has 7 nitrogen and oxygen atoms in total. The van der Waals surface area contributed by atoms with Gasteiger partial charge in [0.2, 0.25) is 0 Å². The van der Waals surface area contributed by atoms with Crippen molar-refractivity contribution in [1.82, 2.24) is 0 Å². The Hall–Kier alpha value is -1.53. The number of rotatable bonds is 15. The molecule has 0 unspecified atom stereocenters. The average Bonchev–Trinajstić information content (AvgIpc) is 2.71. The molecule has 0 rings (SSSR count). The van der Waals surface area contributed by atoms with Crippen LogP contribution in [0.2, 0.25) is 12.4 Å². The maximum atomic E-state index is 11.0. The Labute approximate surface area is 169 Å². The number of carbonyl (C=O) groups is 3. The molecule has 0 aliphatic heterocycles. The van der Waals surface area contributed by atoms with Gasteiger partial charge in [-0.2, -0.15) is 7.11 Å². The number of carbonyl (C=O) groups excluding carboxylic acids is 3. The molecule has 0 N–H and O–H groups in total. The number of ether oxygens (including phenoxy) is 3. The third-order valence-electron chi connectivity index (χ3n) is 3.26. The minimum atomic E-state index is -1.71. The second-order valence-corrected chi connectivity index (χ2v) is 12.5. The Morgan fingerprint density at radius 3 is 1.19 bits per heavy atom. The van der Waals surface area contributed by atoms with Gasteiger partial charge in [0, 0.05) is 0 Å². The Kier molecular flexibility index (Phi) is 21.3. The summed E-state index contributed by atoms with van der Waals surface area (Å²) in [6.07, 6.45) is 5.94. The summed E-state index contributed by atoms with van der Waals surface area (Å²) in [4.78, 5) is 33.1. The molecular formula is C19H30O7Zr. The number of esters is 3. The van der Waals surface area contributed by atoms with Gasteiger partial charge in [-0.15, -0.1) is 0 Å². The quantitative estimate of drug-likeness (QED) is 0.159. The van der Waals surface area contributed by atoms with Gasteiger partial charge in [0.05, 0.1) is 0 Å². The van der Waals surface area contributed by atoms with Crippen molar-refractivity contribution in [3.63, 3.8) is 0 Å². The molecule has 0 saturated carbocycles. The van der Waals surface area contributed by atoms with Gasteiger partial charge in [-0.05, 0) is 0 Å². The van der Waals surface area contributed by atoms with Crippen molar-refractivity contribution in [2.45, 2.75) is 31.6 Å². The van der Waals surface area contributed by atoms with Crippen LogP contribution in [0, 0.1) is 0 Å². The van der Waals surface area contributed by atoms with Crippen molar-refractivity contribution in [1.29, 1.82) is 0 Å². The first-order valence-corrected chi connectivity index (χ1v) is 13.9. The van der Waals surface area contributed by atoms with E-state index in [4.69, 9.17) is 19.3 Å². The topological polar surface area (TPSA) is 102 Å². The fourth-order valence-corrected chi connectivity index (χ4v) is 8.63. The first-order valence-electron chi connectivity index (χ1n) is 8.65. The van der Waals surface area contributed by atoms with Gasteiger partial charge < -0.3 is 5.11 Å². The minimum Gasteiger partial charge on any atom is -0.857 e. The van der Waals surface area contributed by atoms with Crippen LogP contribution >= 0.6 is 0 Å². The van der Waals surface area contributed by atoms with Crippen LogP contribution in [0.4, 0.5) is 0 Å². The van der Waals surface area contributed by atoms with E-state index in [1.807, 2.05) is 0 Å². The Morgan fingerprint density at radius 1 is 0.704 bits per heavy atom. The molecule has 0 aromatic carbocycles. The summed E-state index contributed by atoms with van der Waals surface area (Å²) in [5.74, 6) is -1.21. The fraction of sp³-hybridized carbons (Fsp3) is 0.526. The fourth-order valence-electron chi connectivity index (χ4n) is 2.04. The normalized spacial score (nSPS) is 9.11. The molecule has 0 heterocycles. The van der Waals surface area contributed by atoms with E-state index >= 15 is 0 Å². The molecule has 0 radical (unpaired) electrons. The first-order chi connectivity index (χ1) is 13.0. The average molecular weight is 462 g/mol. The first kappa shape index (κ1) is 27.7. The second-order valence-electron chi connectivity index (χ2n) is 5.18. The van der Waals surface area contributed by atoms with Gasteiger partial charge in [-0.3, -0.25) is 0 Å². The SMILES string of the molecule is C=CC(=O)OCC[CH2][Zr+]([CH2]CCOC(=O)C=C)[CH2]CCOC(=O)C=C.C[O-]. The summed E-state index contributed by atoms with van der Waals surface area (Å²) in [5.41, 5.74) is 0. The van der Waals surface area contributed by atoms with Gasteiger partial charge in [0.25, 0.3) is 0 Å². The van der Waals surface area contributed by atoms with E-state index in [1.165, 1.54) is 0 Å². The summed E-state index contributed by atoms with van der Waals surface area (Å²) in [7, 11) is 0.750. The molecule has 0 bridgehead atoms. The van der Waals surface area contributed by atoms with E-state index in [0.717, 1.165) is 57.0 Å². The molecule has 0 atom stereocenters. The van der Waals surface area contributed by atoms with Crippen molar-refractivity contribution >= 4 is 17.9 Å². The molecule has 0 aromatic rings. The van der Waals surface area contributed by atoms with Gasteiger partial charge >= 0.3 is 158 Å². The van der Waals surface area contributed by atoms with Crippen LogP contribution in [-0.2, 0) is 50.3 Å². The van der Waals surface area contributed by atoms with Crippen LogP contribution in [0.1, 0.15) is 19.3 Å². The summed E-state index contributed by atoms with van der Waals surface area (Å²) in [5, 5.41) is 8.25. The van der Waals surface area contributed by atoms with Crippen molar-refractivity contribution in [2.24, 2.45) is 0 Å². The number of hydrogen-bond acceptors (Lipinski definition) is 7. The molecule has 0 aliphatic rings. The number of hydrogen-bond donors (Lipinski definition) is 0. The van der Waals surface area contributed by atoms with Crippen LogP contribution in [0.5, 0.6) is 0 Å². The molecule has 0 aliphatic carbocycles. The third kappa shape index (κ3) is 19.0. The van der Waals surface area contributed by atoms with Crippen LogP contribution in [0.25, 0.3) is 0 Å². The summed E-state index contributed by atoms with van der Waals surface area (Å²) in [6.45, 7) is 11.3. The van der Waals surface area contributed by atoms with E-state index in [1.54, 1.807) is 0 Å². The van der Waals surface area contributed by atoms with E-state index in [2.05, 4.69) is 19.7 Å². The molecule has 0 fully saturated rings. The predicted molar refractivity (Wildman–Crippen MR) is 97.7 cm³/mol. The molecule has 0 amide bonds. The Balaban J connectivity index is 0. The van der Waals surface area contributed by atoms with Crippen LogP contribution in [0.15, 0.2) is 38.0 Å². The molecule has 0 spiro atoms. The van der Waals surface area contributed by atoms with Crippen LogP contribution in [0.3, 0.4) is 0 Å². The van der Waals surface area contributed by atoms with Crippen molar-refractivity contribution in [3.05, 3.63) is 38.0 Å². The minimum absolute atomic E-state index is 0.395. The van der Waals surface area contributed by atoms with Crippen LogP contribution < -0.4 is 5.11 Å². The molecule has 8 heteroatoms. The van der Waals surface area contributed by atoms with Gasteiger partial charge in [-0.1, -0.05) is 0 Å². The van der Waals surface area contributed by atoms with Crippen molar-refractivity contribution < 1.29 is 55.5 Å². The van der Waals surface area contributed by atoms with Crippen molar-refractivity contribution in [2.75, 3.05) is 26.9 Å². The van der Waals surface area contributed by atoms with E-state index < -0.39 is 39.7 Å². The summed E-state index contributed by atoms with van der Waals surface area (Å²) < 4.78 is 18.2. The Morgan fingerprint density at radius 2 is 0.963 bits per heavy atom. The zero-order valence-corrected chi connectivity index (χ0v) is 18.5. The van der Waals surface area contributed by atoms with Crippen molar-refractivity contribution in [3.8, 4) is 0 Å². The van der Waals surface area contributed by atoms with Crippen LogP contribution in [-0.4, -0.2) is 44.8 Å². The predicted octanol–water partition coefficient (Wildman–Crippen LogP) is 2.19. The Bertz CT molecular complexity index is 396. The molecule has 0 aromatic heterocycles. The zero-order chi connectivity index (χ0) is 20.9. The molecular weight excluding hydrogens is 431 g/mol. The second kappa shape index (κ2) is 20.8. The summed E-state index contributed by atoms with van der Waals surface area (Å²) >= 11 is -1.71. The smallest absolute Gasteiger partial charge is 0.153 e.